The van der Waals surface area contributed by atoms with Gasteiger partial charge in [0, 0.05) is 17.1 Å². The molecule has 0 radical (unpaired) electrons. The molecule has 1 heterocycles. The average molecular weight is 443 g/mol. The molecule has 0 aliphatic heterocycles. The van der Waals surface area contributed by atoms with Crippen LogP contribution in [0.3, 0.4) is 0 Å². The van der Waals surface area contributed by atoms with Gasteiger partial charge in [0.15, 0.2) is 0 Å². The number of anilines is 1. The number of nitrogens with zero attached hydrogens (tertiary/aromatic N) is 1. The Labute approximate surface area is 193 Å². The highest BCUT2D eigenvalue weighted by atomic mass is 28.3. The molecule has 0 saturated carbocycles. The summed E-state index contributed by atoms with van der Waals surface area (Å²) in [5.41, 5.74) is 9.32. The maximum Gasteiger partial charge on any atom is 0.256 e. The molecule has 1 aromatic heterocycles. The quantitative estimate of drug-likeness (QED) is 0.331. The fourth-order valence-electron chi connectivity index (χ4n) is 4.96. The minimum atomic E-state index is -1.89. The van der Waals surface area contributed by atoms with Crippen LogP contribution < -0.4 is 5.32 Å². The van der Waals surface area contributed by atoms with Gasteiger partial charge in [0.25, 0.3) is 5.91 Å². The number of aromatic nitrogens is 1. The predicted molar refractivity (Wildman–Crippen MR) is 139 cm³/mol. The molecule has 166 valence electrons. The average Bonchev–Trinajstić information content (AvgIpc) is 2.74. The third-order valence-corrected chi connectivity index (χ3v) is 12.9. The van der Waals surface area contributed by atoms with E-state index in [0.717, 1.165) is 22.0 Å². The lowest BCUT2D eigenvalue weighted by molar-refractivity contribution is 0.102. The van der Waals surface area contributed by atoms with Crippen molar-refractivity contribution in [1.29, 1.82) is 0 Å². The third kappa shape index (κ3) is 4.64. The number of fused-ring (bicyclic) bond motifs is 1. The maximum absolute atomic E-state index is 13.4. The molecule has 0 atom stereocenters. The number of aryl methyl sites for hydroxylation is 1. The number of nitrogens with one attached hydrogen (secondary N) is 1. The van der Waals surface area contributed by atoms with Gasteiger partial charge in [-0.25, -0.2) is 0 Å². The molecule has 1 N–H and O–H groups in total. The number of amides is 1. The lowest BCUT2D eigenvalue weighted by atomic mass is 10.0. The van der Waals surface area contributed by atoms with Crippen LogP contribution in [-0.4, -0.2) is 19.0 Å². The Morgan fingerprint density at radius 1 is 0.938 bits per heavy atom. The number of benzene rings is 2. The first kappa shape index (κ1) is 23.8. The molecule has 0 aliphatic carbocycles. The summed E-state index contributed by atoms with van der Waals surface area (Å²) in [5, 5.41) is 4.07. The Kier molecular flexibility index (Phi) is 7.21. The smallest absolute Gasteiger partial charge is 0.256 e. The van der Waals surface area contributed by atoms with E-state index < -0.39 is 8.07 Å². The monoisotopic (exact) mass is 442 g/mol. The van der Waals surface area contributed by atoms with E-state index in [2.05, 4.69) is 63.3 Å². The van der Waals surface area contributed by atoms with Gasteiger partial charge in [0.2, 0.25) is 0 Å². The number of rotatable bonds is 5. The van der Waals surface area contributed by atoms with Gasteiger partial charge in [-0.3, -0.25) is 9.78 Å². The number of hydrogen-bond donors (Lipinski definition) is 1. The Bertz CT molecular complexity index is 1160. The molecule has 3 nitrogen and oxygen atoms in total. The first-order valence-corrected chi connectivity index (χ1v) is 13.7. The van der Waals surface area contributed by atoms with Crippen molar-refractivity contribution in [3.63, 3.8) is 0 Å². The van der Waals surface area contributed by atoms with Gasteiger partial charge >= 0.3 is 0 Å². The predicted octanol–water partition coefficient (Wildman–Crippen LogP) is 7.37. The Balaban J connectivity index is 2.04. The van der Waals surface area contributed by atoms with Crippen LogP contribution in [0.1, 0.15) is 63.0 Å². The van der Waals surface area contributed by atoms with Crippen molar-refractivity contribution < 1.29 is 4.79 Å². The van der Waals surface area contributed by atoms with Gasteiger partial charge in [-0.15, -0.1) is 5.54 Å². The van der Waals surface area contributed by atoms with E-state index in [-0.39, 0.29) is 5.91 Å². The minimum Gasteiger partial charge on any atom is -0.320 e. The SMILES string of the molecule is Cc1ccc(C#C[Si](C(C)C)(C(C)C)C(C)C)c(C(=O)Nc2cccc3cccnc23)c1. The highest BCUT2D eigenvalue weighted by Gasteiger charge is 2.41. The van der Waals surface area contributed by atoms with Crippen molar-refractivity contribution in [1.82, 2.24) is 4.98 Å². The zero-order valence-corrected chi connectivity index (χ0v) is 21.3. The summed E-state index contributed by atoms with van der Waals surface area (Å²) in [7, 11) is -1.89. The maximum atomic E-state index is 13.4. The highest BCUT2D eigenvalue weighted by Crippen LogP contribution is 2.40. The standard InChI is InChI=1S/C28H34N2OSi/c1-19(2)32(20(3)4,21(5)6)17-15-23-14-13-22(7)18-25(23)28(31)30-26-12-8-10-24-11-9-16-29-27(24)26/h8-14,16,18-21H,1-7H3,(H,30,31). The number of pyridine rings is 1. The fraction of sp³-hybridized carbons (Fsp3) is 0.357. The van der Waals surface area contributed by atoms with Gasteiger partial charge in [-0.05, 0) is 47.8 Å². The van der Waals surface area contributed by atoms with E-state index in [0.29, 0.717) is 27.9 Å². The molecule has 0 aliphatic rings. The molecule has 2 aromatic carbocycles. The highest BCUT2D eigenvalue weighted by molar-refractivity contribution is 6.90. The van der Waals surface area contributed by atoms with E-state index in [1.165, 1.54) is 0 Å². The number of hydrogen-bond acceptors (Lipinski definition) is 2. The van der Waals surface area contributed by atoms with E-state index >= 15 is 0 Å². The Morgan fingerprint density at radius 2 is 1.59 bits per heavy atom. The summed E-state index contributed by atoms with van der Waals surface area (Å²) in [6, 6.07) is 15.7. The number of para-hydroxylation sites is 1. The van der Waals surface area contributed by atoms with E-state index in [9.17, 15) is 4.79 Å². The van der Waals surface area contributed by atoms with E-state index in [1.807, 2.05) is 55.5 Å². The molecule has 0 unspecified atom stereocenters. The zero-order valence-electron chi connectivity index (χ0n) is 20.3. The van der Waals surface area contributed by atoms with Crippen molar-refractivity contribution in [3.8, 4) is 11.5 Å². The molecule has 0 spiro atoms. The summed E-state index contributed by atoms with van der Waals surface area (Å²) in [6.45, 7) is 15.8. The molecule has 3 rings (SSSR count). The van der Waals surface area contributed by atoms with Crippen molar-refractivity contribution >= 4 is 30.6 Å². The van der Waals surface area contributed by atoms with Crippen LogP contribution in [0, 0.1) is 18.4 Å². The van der Waals surface area contributed by atoms with Crippen LogP contribution in [0.5, 0.6) is 0 Å². The number of carbonyl (C=O) groups is 1. The fourth-order valence-corrected chi connectivity index (χ4v) is 10.2. The van der Waals surface area contributed by atoms with Crippen LogP contribution in [-0.2, 0) is 0 Å². The van der Waals surface area contributed by atoms with Gasteiger partial charge in [-0.1, -0.05) is 77.3 Å². The molecular weight excluding hydrogens is 408 g/mol. The lowest BCUT2D eigenvalue weighted by Gasteiger charge is -2.38. The molecule has 4 heteroatoms. The van der Waals surface area contributed by atoms with E-state index in [1.54, 1.807) is 6.20 Å². The molecular formula is C28H34N2OSi. The second-order valence-corrected chi connectivity index (χ2v) is 15.1. The normalized spacial score (nSPS) is 11.7. The first-order chi connectivity index (χ1) is 15.2. The van der Waals surface area contributed by atoms with Crippen LogP contribution in [0.2, 0.25) is 16.6 Å². The Hall–Kier alpha value is -2.90. The minimum absolute atomic E-state index is 0.151. The first-order valence-electron chi connectivity index (χ1n) is 11.5. The number of carbonyl (C=O) groups excluding carboxylic acids is 1. The second-order valence-electron chi connectivity index (χ2n) is 9.53. The molecule has 0 fully saturated rings. The lowest BCUT2D eigenvalue weighted by Crippen LogP contribution is -2.43. The van der Waals surface area contributed by atoms with Crippen molar-refractivity contribution in [2.75, 3.05) is 5.32 Å². The van der Waals surface area contributed by atoms with Crippen molar-refractivity contribution in [3.05, 3.63) is 71.4 Å². The molecule has 32 heavy (non-hydrogen) atoms. The molecule has 3 aromatic rings. The summed E-state index contributed by atoms with van der Waals surface area (Å²) in [6.07, 6.45) is 1.75. The van der Waals surface area contributed by atoms with Gasteiger partial charge in [0.05, 0.1) is 16.8 Å². The van der Waals surface area contributed by atoms with Gasteiger partial charge < -0.3 is 5.32 Å². The third-order valence-electron chi connectivity index (χ3n) is 6.58. The summed E-state index contributed by atoms with van der Waals surface area (Å²) >= 11 is 0. The van der Waals surface area contributed by atoms with Crippen LogP contribution in [0.4, 0.5) is 5.69 Å². The molecule has 0 saturated heterocycles. The van der Waals surface area contributed by atoms with Crippen LogP contribution in [0.25, 0.3) is 10.9 Å². The Morgan fingerprint density at radius 3 is 2.25 bits per heavy atom. The summed E-state index contributed by atoms with van der Waals surface area (Å²) < 4.78 is 0. The topological polar surface area (TPSA) is 42.0 Å². The second kappa shape index (κ2) is 9.71. The van der Waals surface area contributed by atoms with Gasteiger partial charge in [0.1, 0.15) is 8.07 Å². The zero-order chi connectivity index (χ0) is 23.5. The molecule has 1 amide bonds. The largest absolute Gasteiger partial charge is 0.320 e. The van der Waals surface area contributed by atoms with Gasteiger partial charge in [-0.2, -0.15) is 0 Å². The summed E-state index contributed by atoms with van der Waals surface area (Å²) in [5.74, 6) is 3.31. The molecule has 0 bridgehead atoms. The van der Waals surface area contributed by atoms with Crippen LogP contribution >= 0.6 is 0 Å². The summed E-state index contributed by atoms with van der Waals surface area (Å²) in [4.78, 5) is 17.8. The van der Waals surface area contributed by atoms with Crippen LogP contribution in [0.15, 0.2) is 54.7 Å². The van der Waals surface area contributed by atoms with Crippen molar-refractivity contribution in [2.45, 2.75) is 65.1 Å². The van der Waals surface area contributed by atoms with E-state index in [4.69, 9.17) is 0 Å². The van der Waals surface area contributed by atoms with Crippen molar-refractivity contribution in [2.24, 2.45) is 0 Å².